The minimum Gasteiger partial charge on any atom is -0.486 e. The van der Waals surface area contributed by atoms with Gasteiger partial charge in [0.05, 0.1) is 0 Å². The molecule has 0 unspecified atom stereocenters. The number of carbonyl (C=O) groups is 2. The molecule has 0 fully saturated rings. The molecule has 2 heterocycles. The topological polar surface area (TPSA) is 68.3 Å². The van der Waals surface area contributed by atoms with E-state index in [1.165, 1.54) is 11.3 Å². The van der Waals surface area contributed by atoms with Crippen molar-refractivity contribution in [1.29, 1.82) is 0 Å². The third kappa shape index (κ3) is 5.46. The second-order valence-corrected chi connectivity index (χ2v) is 8.99. The normalized spacial score (nSPS) is 12.2. The fourth-order valence-electron chi connectivity index (χ4n) is 3.37. The van der Waals surface area contributed by atoms with Gasteiger partial charge in [0, 0.05) is 38.3 Å². The SMILES string of the molecule is CN(Cc1ccc(N(C)C)cc1)C(=O)COC(=O)c1ccc(-c2ccc3c(c2)OCCO3)s1. The minimum absolute atomic E-state index is 0.261. The third-order valence-electron chi connectivity index (χ3n) is 5.26. The van der Waals surface area contributed by atoms with E-state index in [0.29, 0.717) is 30.4 Å². The zero-order valence-electron chi connectivity index (χ0n) is 18.9. The summed E-state index contributed by atoms with van der Waals surface area (Å²) in [6, 6.07) is 17.2. The number of thiophene rings is 1. The molecule has 0 saturated carbocycles. The van der Waals surface area contributed by atoms with Crippen molar-refractivity contribution in [3.8, 4) is 21.9 Å². The fraction of sp³-hybridized carbons (Fsp3) is 0.280. The summed E-state index contributed by atoms with van der Waals surface area (Å²) in [5.74, 6) is 0.642. The summed E-state index contributed by atoms with van der Waals surface area (Å²) in [5.41, 5.74) is 3.03. The average molecular weight is 467 g/mol. The van der Waals surface area contributed by atoms with Crippen LogP contribution in [0.3, 0.4) is 0 Å². The zero-order valence-corrected chi connectivity index (χ0v) is 19.7. The van der Waals surface area contributed by atoms with Crippen molar-refractivity contribution < 1.29 is 23.8 Å². The molecule has 1 aromatic heterocycles. The van der Waals surface area contributed by atoms with Gasteiger partial charge in [0.15, 0.2) is 18.1 Å². The monoisotopic (exact) mass is 466 g/mol. The van der Waals surface area contributed by atoms with E-state index in [9.17, 15) is 9.59 Å². The van der Waals surface area contributed by atoms with Crippen molar-refractivity contribution >= 4 is 28.9 Å². The van der Waals surface area contributed by atoms with Gasteiger partial charge in [-0.3, -0.25) is 4.79 Å². The number of ether oxygens (including phenoxy) is 3. The Morgan fingerprint density at radius 1 is 0.939 bits per heavy atom. The predicted molar refractivity (Wildman–Crippen MR) is 128 cm³/mol. The molecule has 0 aliphatic carbocycles. The van der Waals surface area contributed by atoms with Gasteiger partial charge in [0.2, 0.25) is 0 Å². The van der Waals surface area contributed by atoms with Crippen molar-refractivity contribution in [3.05, 3.63) is 65.0 Å². The number of nitrogens with zero attached hydrogens (tertiary/aromatic N) is 2. The Hall–Kier alpha value is -3.52. The number of benzene rings is 2. The van der Waals surface area contributed by atoms with Gasteiger partial charge >= 0.3 is 5.97 Å². The van der Waals surface area contributed by atoms with Crippen LogP contribution in [0.1, 0.15) is 15.2 Å². The van der Waals surface area contributed by atoms with Crippen LogP contribution in [-0.4, -0.2) is 57.7 Å². The molecule has 1 aliphatic rings. The van der Waals surface area contributed by atoms with E-state index in [4.69, 9.17) is 14.2 Å². The summed E-state index contributed by atoms with van der Waals surface area (Å²) in [6.45, 7) is 1.19. The highest BCUT2D eigenvalue weighted by Gasteiger charge is 2.18. The van der Waals surface area contributed by atoms with Crippen LogP contribution in [0.15, 0.2) is 54.6 Å². The van der Waals surface area contributed by atoms with Gasteiger partial charge in [0.1, 0.15) is 18.1 Å². The molecule has 0 spiro atoms. The van der Waals surface area contributed by atoms with Crippen LogP contribution in [-0.2, 0) is 16.1 Å². The predicted octanol–water partition coefficient (Wildman–Crippen LogP) is 4.07. The lowest BCUT2D eigenvalue weighted by atomic mass is 10.1. The number of carbonyl (C=O) groups excluding carboxylic acids is 2. The summed E-state index contributed by atoms with van der Waals surface area (Å²) in [6.07, 6.45) is 0. The van der Waals surface area contributed by atoms with E-state index in [0.717, 1.165) is 27.4 Å². The van der Waals surface area contributed by atoms with Crippen molar-refractivity contribution in [2.45, 2.75) is 6.54 Å². The highest BCUT2D eigenvalue weighted by atomic mass is 32.1. The van der Waals surface area contributed by atoms with Gasteiger partial charge in [-0.2, -0.15) is 0 Å². The Balaban J connectivity index is 1.31. The van der Waals surface area contributed by atoms with Crippen LogP contribution in [0.2, 0.25) is 0 Å². The summed E-state index contributed by atoms with van der Waals surface area (Å²) < 4.78 is 16.4. The Bertz CT molecular complexity index is 1140. The number of esters is 1. The molecule has 33 heavy (non-hydrogen) atoms. The molecule has 0 N–H and O–H groups in total. The first-order chi connectivity index (χ1) is 15.9. The fourth-order valence-corrected chi connectivity index (χ4v) is 4.27. The Morgan fingerprint density at radius 2 is 1.67 bits per heavy atom. The molecule has 0 saturated heterocycles. The standard InChI is InChI=1S/C25H26N2O5S/c1-26(2)19-7-4-17(5-8-19)15-27(3)24(28)16-32-25(29)23-11-10-22(33-23)18-6-9-20-21(14-18)31-13-12-30-20/h4-11,14H,12-13,15-16H2,1-3H3. The van der Waals surface area contributed by atoms with E-state index in [-0.39, 0.29) is 12.5 Å². The Kier molecular flexibility index (Phi) is 6.84. The van der Waals surface area contributed by atoms with E-state index in [2.05, 4.69) is 0 Å². The third-order valence-corrected chi connectivity index (χ3v) is 6.37. The van der Waals surface area contributed by atoms with E-state index < -0.39 is 5.97 Å². The lowest BCUT2D eigenvalue weighted by molar-refractivity contribution is -0.133. The summed E-state index contributed by atoms with van der Waals surface area (Å²) in [5, 5.41) is 0. The number of hydrogen-bond donors (Lipinski definition) is 0. The van der Waals surface area contributed by atoms with Crippen LogP contribution < -0.4 is 14.4 Å². The van der Waals surface area contributed by atoms with Crippen molar-refractivity contribution in [3.63, 3.8) is 0 Å². The van der Waals surface area contributed by atoms with Crippen molar-refractivity contribution in [1.82, 2.24) is 4.90 Å². The minimum atomic E-state index is -0.513. The number of likely N-dealkylation sites (N-methyl/N-ethyl adjacent to an activating group) is 1. The molecule has 0 radical (unpaired) electrons. The molecule has 2 aromatic carbocycles. The Labute approximate surface area is 197 Å². The van der Waals surface area contributed by atoms with Gasteiger partial charge in [-0.05, 0) is 53.6 Å². The van der Waals surface area contributed by atoms with E-state index in [1.807, 2.05) is 67.5 Å². The molecule has 0 atom stereocenters. The average Bonchev–Trinajstić information content (AvgIpc) is 3.33. The molecule has 172 valence electrons. The second kappa shape index (κ2) is 9.95. The first-order valence-electron chi connectivity index (χ1n) is 10.6. The number of rotatable bonds is 7. The second-order valence-electron chi connectivity index (χ2n) is 7.91. The number of fused-ring (bicyclic) bond motifs is 1. The van der Waals surface area contributed by atoms with Crippen LogP contribution in [0.25, 0.3) is 10.4 Å². The smallest absolute Gasteiger partial charge is 0.348 e. The molecule has 8 heteroatoms. The largest absolute Gasteiger partial charge is 0.486 e. The number of anilines is 1. The summed E-state index contributed by atoms with van der Waals surface area (Å²) in [7, 11) is 5.65. The van der Waals surface area contributed by atoms with E-state index >= 15 is 0 Å². The van der Waals surface area contributed by atoms with Gasteiger partial charge in [0.25, 0.3) is 5.91 Å². The van der Waals surface area contributed by atoms with Crippen LogP contribution in [0, 0.1) is 0 Å². The molecule has 1 aliphatic heterocycles. The van der Waals surface area contributed by atoms with Gasteiger partial charge in [-0.1, -0.05) is 12.1 Å². The maximum atomic E-state index is 12.5. The zero-order chi connectivity index (χ0) is 23.4. The van der Waals surface area contributed by atoms with Gasteiger partial charge < -0.3 is 24.0 Å². The maximum absolute atomic E-state index is 12.5. The van der Waals surface area contributed by atoms with Crippen LogP contribution in [0.5, 0.6) is 11.5 Å². The molecular formula is C25H26N2O5S. The molecule has 3 aromatic rings. The lowest BCUT2D eigenvalue weighted by Crippen LogP contribution is -2.30. The van der Waals surface area contributed by atoms with Gasteiger partial charge in [-0.25, -0.2) is 4.79 Å². The molecule has 4 rings (SSSR count). The van der Waals surface area contributed by atoms with Crippen LogP contribution >= 0.6 is 11.3 Å². The van der Waals surface area contributed by atoms with Crippen LogP contribution in [0.4, 0.5) is 5.69 Å². The first-order valence-corrected chi connectivity index (χ1v) is 11.4. The molecule has 7 nitrogen and oxygen atoms in total. The Morgan fingerprint density at radius 3 is 2.39 bits per heavy atom. The molecule has 0 bridgehead atoms. The van der Waals surface area contributed by atoms with E-state index in [1.54, 1.807) is 18.0 Å². The van der Waals surface area contributed by atoms with Gasteiger partial charge in [-0.15, -0.1) is 11.3 Å². The van der Waals surface area contributed by atoms with Crippen molar-refractivity contribution in [2.75, 3.05) is 45.9 Å². The lowest BCUT2D eigenvalue weighted by Gasteiger charge is -2.18. The summed E-state index contributed by atoms with van der Waals surface area (Å²) >= 11 is 1.31. The highest BCUT2D eigenvalue weighted by Crippen LogP contribution is 2.37. The van der Waals surface area contributed by atoms with Crippen molar-refractivity contribution in [2.24, 2.45) is 0 Å². The molecular weight excluding hydrogens is 440 g/mol. The quantitative estimate of drug-likeness (QED) is 0.489. The number of amides is 1. The number of hydrogen-bond acceptors (Lipinski definition) is 7. The highest BCUT2D eigenvalue weighted by molar-refractivity contribution is 7.17. The summed E-state index contributed by atoms with van der Waals surface area (Å²) in [4.78, 5) is 29.8. The molecule has 1 amide bonds. The maximum Gasteiger partial charge on any atom is 0.348 e. The first kappa shape index (κ1) is 22.7.